The van der Waals surface area contributed by atoms with Gasteiger partial charge in [-0.15, -0.1) is 0 Å². The Hall–Kier alpha value is -2.26. The van der Waals surface area contributed by atoms with Gasteiger partial charge in [-0.1, -0.05) is 0 Å². The molecule has 0 spiro atoms. The highest BCUT2D eigenvalue weighted by molar-refractivity contribution is 7.85. The number of aromatic nitrogens is 3. The number of nitrogens with zero attached hydrogens (tertiary/aromatic N) is 5. The lowest BCUT2D eigenvalue weighted by Crippen LogP contribution is -2.47. The van der Waals surface area contributed by atoms with Crippen LogP contribution in [0.2, 0.25) is 0 Å². The molecule has 0 aromatic carbocycles. The average Bonchev–Trinajstić information content (AvgIpc) is 3.42. The molecule has 1 saturated carbocycles. The summed E-state index contributed by atoms with van der Waals surface area (Å²) in [7, 11) is -1.06. The van der Waals surface area contributed by atoms with E-state index >= 15 is 0 Å². The summed E-state index contributed by atoms with van der Waals surface area (Å²) in [6, 6.07) is 4.06. The number of hydrogen-bond donors (Lipinski definition) is 2. The quantitative estimate of drug-likeness (QED) is 0.761. The average molecular weight is 401 g/mol. The summed E-state index contributed by atoms with van der Waals surface area (Å²) in [5.41, 5.74) is 1.77. The molecule has 8 nitrogen and oxygen atoms in total. The first-order valence-electron chi connectivity index (χ1n) is 9.76. The van der Waals surface area contributed by atoms with E-state index in [4.69, 9.17) is 9.97 Å². The molecular weight excluding hydrogens is 376 g/mol. The molecule has 1 unspecified atom stereocenters. The largest absolute Gasteiger partial charge is 0.394 e. The Morgan fingerprint density at radius 2 is 1.82 bits per heavy atom. The van der Waals surface area contributed by atoms with Crippen LogP contribution in [0.3, 0.4) is 0 Å². The topological polar surface area (TPSA) is 94.5 Å². The summed E-state index contributed by atoms with van der Waals surface area (Å²) < 4.78 is 12.5. The Morgan fingerprint density at radius 1 is 1.11 bits per heavy atom. The van der Waals surface area contributed by atoms with E-state index in [9.17, 15) is 9.32 Å². The Labute approximate surface area is 166 Å². The Bertz CT molecular complexity index is 897. The van der Waals surface area contributed by atoms with Crippen LogP contribution in [-0.4, -0.2) is 68.3 Å². The van der Waals surface area contributed by atoms with Crippen molar-refractivity contribution in [3.63, 3.8) is 0 Å². The second kappa shape index (κ2) is 6.97. The fourth-order valence-electron chi connectivity index (χ4n) is 3.85. The number of hydrogen-bond acceptors (Lipinski definition) is 8. The van der Waals surface area contributed by atoms with Gasteiger partial charge in [-0.05, 0) is 25.0 Å². The zero-order valence-electron chi connectivity index (χ0n) is 15.7. The summed E-state index contributed by atoms with van der Waals surface area (Å²) in [6.45, 7) is 3.50. The van der Waals surface area contributed by atoms with E-state index in [2.05, 4.69) is 20.1 Å². The van der Waals surface area contributed by atoms with Crippen molar-refractivity contribution in [2.24, 2.45) is 0 Å². The number of rotatable bonds is 5. The molecule has 3 aliphatic rings. The predicted molar refractivity (Wildman–Crippen MR) is 108 cm³/mol. The van der Waals surface area contributed by atoms with Crippen molar-refractivity contribution in [2.45, 2.75) is 29.7 Å². The van der Waals surface area contributed by atoms with E-state index in [1.54, 1.807) is 0 Å². The molecule has 5 rings (SSSR count). The van der Waals surface area contributed by atoms with Gasteiger partial charge in [-0.3, -0.25) is 9.19 Å². The van der Waals surface area contributed by atoms with Crippen LogP contribution in [0.4, 0.5) is 17.5 Å². The number of anilines is 3. The Morgan fingerprint density at radius 3 is 2.50 bits per heavy atom. The van der Waals surface area contributed by atoms with Crippen LogP contribution in [0.1, 0.15) is 18.5 Å². The minimum absolute atomic E-state index is 0.0678. The second-order valence-electron chi connectivity index (χ2n) is 7.69. The molecule has 2 aromatic rings. The van der Waals surface area contributed by atoms with Gasteiger partial charge < -0.3 is 20.2 Å². The number of aliphatic hydroxyl groups is 1. The van der Waals surface area contributed by atoms with Gasteiger partial charge in [0.1, 0.15) is 10.7 Å². The van der Waals surface area contributed by atoms with E-state index in [1.165, 1.54) is 5.69 Å². The number of pyridine rings is 1. The summed E-state index contributed by atoms with van der Waals surface area (Å²) in [4.78, 5) is 18.9. The van der Waals surface area contributed by atoms with E-state index in [1.807, 2.05) is 24.5 Å². The van der Waals surface area contributed by atoms with Crippen LogP contribution in [-0.2, 0) is 17.2 Å². The third kappa shape index (κ3) is 3.22. The standard InChI is InChI=1S/C19H24N6O2S/c26-13-19(4-5-19)23-17-16-15(3-12-28(16)27)21-18(22-17)25-10-8-24(9-11-25)14-1-6-20-7-2-14/h1-2,6-7,26H,3-5,8-13H2,(H,21,22,23). The zero-order chi connectivity index (χ0) is 19.1. The highest BCUT2D eigenvalue weighted by atomic mass is 32.2. The molecule has 0 bridgehead atoms. The Kier molecular flexibility index (Phi) is 4.43. The van der Waals surface area contributed by atoms with Crippen molar-refractivity contribution in [2.75, 3.05) is 53.7 Å². The molecule has 2 aromatic heterocycles. The third-order valence-corrected chi connectivity index (χ3v) is 7.27. The smallest absolute Gasteiger partial charge is 0.227 e. The number of nitrogens with one attached hydrogen (secondary N) is 1. The highest BCUT2D eigenvalue weighted by Gasteiger charge is 2.44. The van der Waals surface area contributed by atoms with Gasteiger partial charge in [-0.25, -0.2) is 4.98 Å². The van der Waals surface area contributed by atoms with E-state index in [-0.39, 0.29) is 12.1 Å². The molecule has 28 heavy (non-hydrogen) atoms. The van der Waals surface area contributed by atoms with Crippen LogP contribution in [0, 0.1) is 0 Å². The minimum atomic E-state index is -1.06. The maximum atomic E-state index is 12.5. The molecule has 2 aliphatic heterocycles. The van der Waals surface area contributed by atoms with Gasteiger partial charge in [0, 0.05) is 56.4 Å². The predicted octanol–water partition coefficient (Wildman–Crippen LogP) is 0.799. The van der Waals surface area contributed by atoms with Crippen LogP contribution in [0.15, 0.2) is 29.4 Å². The molecule has 4 heterocycles. The fourth-order valence-corrected chi connectivity index (χ4v) is 5.16. The lowest BCUT2D eigenvalue weighted by atomic mass is 10.2. The first kappa shape index (κ1) is 17.8. The number of fused-ring (bicyclic) bond motifs is 1. The number of piperazine rings is 1. The zero-order valence-corrected chi connectivity index (χ0v) is 16.5. The van der Waals surface area contributed by atoms with Crippen LogP contribution < -0.4 is 15.1 Å². The first-order valence-corrected chi connectivity index (χ1v) is 11.1. The van der Waals surface area contributed by atoms with E-state index in [0.29, 0.717) is 17.5 Å². The molecule has 0 amide bonds. The summed E-state index contributed by atoms with van der Waals surface area (Å²) in [6.07, 6.45) is 6.18. The van der Waals surface area contributed by atoms with Gasteiger partial charge in [0.15, 0.2) is 0 Å². The minimum Gasteiger partial charge on any atom is -0.394 e. The molecular formula is C19H24N6O2S. The van der Waals surface area contributed by atoms with Gasteiger partial charge in [-0.2, -0.15) is 4.98 Å². The van der Waals surface area contributed by atoms with Crippen molar-refractivity contribution in [1.29, 1.82) is 0 Å². The molecule has 1 atom stereocenters. The van der Waals surface area contributed by atoms with Crippen molar-refractivity contribution < 1.29 is 9.32 Å². The molecule has 1 saturated heterocycles. The summed E-state index contributed by atoms with van der Waals surface area (Å²) in [5.74, 6) is 1.95. The van der Waals surface area contributed by atoms with Crippen molar-refractivity contribution in [3.8, 4) is 0 Å². The maximum Gasteiger partial charge on any atom is 0.227 e. The van der Waals surface area contributed by atoms with E-state index < -0.39 is 10.8 Å². The fraction of sp³-hybridized carbons (Fsp3) is 0.526. The first-order chi connectivity index (χ1) is 13.7. The van der Waals surface area contributed by atoms with Crippen molar-refractivity contribution >= 4 is 28.3 Å². The SMILES string of the molecule is O=S1CCc2nc(N3CCN(c4ccncc4)CC3)nc(NC3(CO)CC3)c21. The third-order valence-electron chi connectivity index (χ3n) is 5.81. The van der Waals surface area contributed by atoms with Gasteiger partial charge >= 0.3 is 0 Å². The monoisotopic (exact) mass is 400 g/mol. The molecule has 148 valence electrons. The molecule has 2 N–H and O–H groups in total. The molecule has 9 heteroatoms. The summed E-state index contributed by atoms with van der Waals surface area (Å²) in [5, 5.41) is 13.1. The lowest BCUT2D eigenvalue weighted by Gasteiger charge is -2.36. The molecule has 2 fully saturated rings. The van der Waals surface area contributed by atoms with E-state index in [0.717, 1.165) is 56.0 Å². The highest BCUT2D eigenvalue weighted by Crippen LogP contribution is 2.41. The van der Waals surface area contributed by atoms with Crippen LogP contribution >= 0.6 is 0 Å². The van der Waals surface area contributed by atoms with Gasteiger partial charge in [0.05, 0.1) is 28.6 Å². The maximum absolute atomic E-state index is 12.5. The summed E-state index contributed by atoms with van der Waals surface area (Å²) >= 11 is 0. The van der Waals surface area contributed by atoms with Gasteiger partial charge in [0.25, 0.3) is 0 Å². The van der Waals surface area contributed by atoms with Crippen LogP contribution in [0.25, 0.3) is 0 Å². The lowest BCUT2D eigenvalue weighted by molar-refractivity contribution is 0.265. The van der Waals surface area contributed by atoms with Crippen molar-refractivity contribution in [1.82, 2.24) is 15.0 Å². The van der Waals surface area contributed by atoms with Gasteiger partial charge in [0.2, 0.25) is 5.95 Å². The molecule has 0 radical (unpaired) electrons. The Balaban J connectivity index is 1.38. The van der Waals surface area contributed by atoms with Crippen molar-refractivity contribution in [3.05, 3.63) is 30.2 Å². The van der Waals surface area contributed by atoms with Crippen LogP contribution in [0.5, 0.6) is 0 Å². The second-order valence-corrected chi connectivity index (χ2v) is 9.20. The normalized spacial score (nSPS) is 22.8. The number of aryl methyl sites for hydroxylation is 1. The molecule has 1 aliphatic carbocycles. The number of aliphatic hydroxyl groups excluding tert-OH is 1.